The van der Waals surface area contributed by atoms with Gasteiger partial charge in [0.1, 0.15) is 11.5 Å². The monoisotopic (exact) mass is 304 g/mol. The molecule has 14 heavy (non-hydrogen) atoms. The van der Waals surface area contributed by atoms with E-state index < -0.39 is 5.67 Å². The molecule has 6 aliphatic rings. The van der Waals surface area contributed by atoms with Gasteiger partial charge < -0.3 is 0 Å². The fraction of sp³-hybridized carbons (Fsp3) is 0.909. The van der Waals surface area contributed by atoms with Crippen molar-refractivity contribution in [3.8, 4) is 0 Å². The van der Waals surface area contributed by atoms with Crippen molar-refractivity contribution in [2.45, 2.75) is 16.0 Å². The van der Waals surface area contributed by atoms with Crippen LogP contribution in [0.5, 0.6) is 0 Å². The first-order chi connectivity index (χ1) is 6.67. The van der Waals surface area contributed by atoms with Crippen LogP contribution in [0.15, 0.2) is 0 Å². The van der Waals surface area contributed by atoms with Gasteiger partial charge in [0.25, 0.3) is 0 Å². The van der Waals surface area contributed by atoms with Crippen LogP contribution in [-0.4, -0.2) is 15.4 Å². The maximum atomic E-state index is 14.9. The number of rotatable bonds is 0. The van der Waals surface area contributed by atoms with E-state index in [1.807, 2.05) is 0 Å². The number of Topliss-reactive ketones (excluding diaryl/α,β-unsaturated/α-hetero) is 1. The van der Waals surface area contributed by atoms with Crippen molar-refractivity contribution >= 4 is 28.4 Å². The van der Waals surface area contributed by atoms with E-state index in [0.29, 0.717) is 29.5 Å². The van der Waals surface area contributed by atoms with Gasteiger partial charge >= 0.3 is 0 Å². The van der Waals surface area contributed by atoms with Crippen molar-refractivity contribution in [1.82, 2.24) is 0 Å². The molecule has 6 aliphatic carbocycles. The summed E-state index contributed by atoms with van der Waals surface area (Å²) in [6.07, 6.45) is 1.18. The van der Waals surface area contributed by atoms with E-state index >= 15 is 0 Å². The van der Waals surface area contributed by atoms with E-state index in [1.54, 1.807) is 0 Å². The Morgan fingerprint density at radius 1 is 1.36 bits per heavy atom. The molecule has 0 amide bonds. The van der Waals surface area contributed by atoms with Crippen LogP contribution in [-0.2, 0) is 4.79 Å². The Hall–Kier alpha value is 0.330. The van der Waals surface area contributed by atoms with Crippen LogP contribution in [0.2, 0.25) is 0 Å². The second kappa shape index (κ2) is 1.72. The highest BCUT2D eigenvalue weighted by Crippen LogP contribution is 2.84. The third-order valence-electron chi connectivity index (χ3n) is 6.06. The van der Waals surface area contributed by atoms with E-state index in [0.717, 1.165) is 0 Å². The zero-order valence-electron chi connectivity index (χ0n) is 7.49. The number of alkyl halides is 2. The highest BCUT2D eigenvalue weighted by atomic mass is 127. The van der Waals surface area contributed by atoms with Crippen molar-refractivity contribution in [2.24, 2.45) is 41.4 Å². The molecule has 0 saturated heterocycles. The molecule has 6 saturated carbocycles. The number of hydrogen-bond acceptors (Lipinski definition) is 1. The quantitative estimate of drug-likeness (QED) is 0.493. The van der Waals surface area contributed by atoms with Crippen molar-refractivity contribution in [3.63, 3.8) is 0 Å². The van der Waals surface area contributed by atoms with Crippen LogP contribution >= 0.6 is 22.6 Å². The van der Waals surface area contributed by atoms with Gasteiger partial charge in [0.05, 0.1) is 5.92 Å². The molecule has 0 spiro atoms. The fourth-order valence-electron chi connectivity index (χ4n) is 6.14. The highest BCUT2D eigenvalue weighted by Gasteiger charge is 2.90. The van der Waals surface area contributed by atoms with E-state index in [-0.39, 0.29) is 21.7 Å². The van der Waals surface area contributed by atoms with Crippen LogP contribution in [0.25, 0.3) is 0 Å². The molecule has 0 N–H and O–H groups in total. The first kappa shape index (κ1) is 7.58. The molecule has 0 radical (unpaired) electrons. The molecule has 9 atom stereocenters. The molecular weight excluding hydrogens is 294 g/mol. The summed E-state index contributed by atoms with van der Waals surface area (Å²) in [6.45, 7) is 0. The number of ketones is 1. The number of hydrogen-bond donors (Lipinski definition) is 0. The first-order valence-electron chi connectivity index (χ1n) is 5.54. The zero-order valence-corrected chi connectivity index (χ0v) is 9.65. The number of carbonyl (C=O) groups excluding carboxylic acids is 1. The lowest BCUT2D eigenvalue weighted by Gasteiger charge is -2.35. The van der Waals surface area contributed by atoms with Crippen LogP contribution in [0.1, 0.15) is 6.42 Å². The second-order valence-electron chi connectivity index (χ2n) is 5.88. The lowest BCUT2D eigenvalue weighted by atomic mass is 9.70. The minimum Gasteiger partial charge on any atom is -0.299 e. The summed E-state index contributed by atoms with van der Waals surface area (Å²) in [5, 5.41) is 0. The predicted octanol–water partition coefficient (Wildman–Crippen LogP) is 1.84. The average molecular weight is 304 g/mol. The average Bonchev–Trinajstić information content (AvgIpc) is 2.81. The molecule has 1 nitrogen and oxygen atoms in total. The molecule has 0 aliphatic heterocycles. The third kappa shape index (κ3) is 0.407. The largest absolute Gasteiger partial charge is 0.299 e. The maximum absolute atomic E-state index is 14.9. The van der Waals surface area contributed by atoms with E-state index in [4.69, 9.17) is 0 Å². The minimum absolute atomic E-state index is 0.155. The van der Waals surface area contributed by atoms with Crippen molar-refractivity contribution in [1.29, 1.82) is 0 Å². The normalized spacial score (nSPS) is 80.3. The van der Waals surface area contributed by atoms with Crippen molar-refractivity contribution in [2.75, 3.05) is 0 Å². The molecular formula is C11H10FIO. The third-order valence-corrected chi connectivity index (χ3v) is 7.84. The van der Waals surface area contributed by atoms with Crippen LogP contribution in [0.3, 0.4) is 0 Å². The molecule has 6 bridgehead atoms. The molecule has 2 unspecified atom stereocenters. The Balaban J connectivity index is 1.92. The fourth-order valence-corrected chi connectivity index (χ4v) is 7.96. The number of carbonyl (C=O) groups is 1. The molecule has 6 fully saturated rings. The summed E-state index contributed by atoms with van der Waals surface area (Å²) in [4.78, 5) is 12.0. The molecule has 0 aromatic carbocycles. The van der Waals surface area contributed by atoms with Crippen LogP contribution in [0.4, 0.5) is 4.39 Å². The molecule has 0 aromatic rings. The summed E-state index contributed by atoms with van der Waals surface area (Å²) in [5.74, 6) is 2.71. The predicted molar refractivity (Wildman–Crippen MR) is 55.7 cm³/mol. The Kier molecular flexibility index (Phi) is 0.931. The summed E-state index contributed by atoms with van der Waals surface area (Å²) >= 11 is 2.30. The van der Waals surface area contributed by atoms with Gasteiger partial charge in [0, 0.05) is 15.8 Å². The smallest absolute Gasteiger partial charge is 0.143 e. The summed E-state index contributed by atoms with van der Waals surface area (Å²) < 4.78 is 15.1. The number of halogens is 2. The zero-order chi connectivity index (χ0) is 9.40. The van der Waals surface area contributed by atoms with Gasteiger partial charge in [-0.05, 0) is 30.1 Å². The van der Waals surface area contributed by atoms with Gasteiger partial charge in [-0.2, -0.15) is 0 Å². The van der Waals surface area contributed by atoms with Gasteiger partial charge in [0.2, 0.25) is 0 Å². The van der Waals surface area contributed by atoms with Gasteiger partial charge in [-0.15, -0.1) is 0 Å². The van der Waals surface area contributed by atoms with Crippen LogP contribution < -0.4 is 0 Å². The Bertz CT molecular complexity index is 395. The van der Waals surface area contributed by atoms with Crippen LogP contribution in [0, 0.1) is 41.4 Å². The topological polar surface area (TPSA) is 17.1 Å². The summed E-state index contributed by atoms with van der Waals surface area (Å²) in [7, 11) is 0. The van der Waals surface area contributed by atoms with Gasteiger partial charge in [-0.1, -0.05) is 22.6 Å². The van der Waals surface area contributed by atoms with E-state index in [2.05, 4.69) is 22.6 Å². The van der Waals surface area contributed by atoms with Crippen molar-refractivity contribution < 1.29 is 9.18 Å². The Morgan fingerprint density at radius 2 is 2.14 bits per heavy atom. The first-order valence-corrected chi connectivity index (χ1v) is 6.78. The Labute approximate surface area is 94.9 Å². The lowest BCUT2D eigenvalue weighted by molar-refractivity contribution is -0.122. The minimum atomic E-state index is -1.06. The van der Waals surface area contributed by atoms with E-state index in [9.17, 15) is 9.18 Å². The summed E-state index contributed by atoms with van der Waals surface area (Å²) in [6, 6.07) is 0. The van der Waals surface area contributed by atoms with Crippen molar-refractivity contribution in [3.05, 3.63) is 0 Å². The molecule has 0 aromatic heterocycles. The maximum Gasteiger partial charge on any atom is 0.143 e. The highest BCUT2D eigenvalue weighted by molar-refractivity contribution is 14.1. The lowest BCUT2D eigenvalue weighted by Crippen LogP contribution is -2.42. The molecule has 6 rings (SSSR count). The van der Waals surface area contributed by atoms with Gasteiger partial charge in [0.15, 0.2) is 0 Å². The Morgan fingerprint density at radius 3 is 2.86 bits per heavy atom. The molecule has 3 heteroatoms. The van der Waals surface area contributed by atoms with E-state index in [1.165, 1.54) is 6.42 Å². The van der Waals surface area contributed by atoms with Gasteiger partial charge in [-0.3, -0.25) is 4.79 Å². The van der Waals surface area contributed by atoms with Gasteiger partial charge in [-0.25, -0.2) is 4.39 Å². The molecule has 74 valence electrons. The SMILES string of the molecule is O=C1[C@@H]2C3C[C@@H]4[C@@H]5C3[C@H]1[C@](F)([C@@H]42)[C@H]5I. The molecule has 0 heterocycles. The second-order valence-corrected chi connectivity index (χ2v) is 7.22. The summed E-state index contributed by atoms with van der Waals surface area (Å²) in [5.41, 5.74) is -1.06. The standard InChI is InChI=1S/C11H10FIO/c12-11-7-3-1-2-4(5(3)10(11)13)8(11)9(14)6(2)7/h2-8,10H,1H2/t2?,3-,4?,5-,6-,7+,8-,10+,11-/m1/s1.